The van der Waals surface area contributed by atoms with Crippen molar-refractivity contribution in [2.75, 3.05) is 0 Å². The molecule has 0 aliphatic carbocycles. The lowest BCUT2D eigenvalue weighted by Crippen LogP contribution is -2.00. The number of carboxylic acid groups (broad SMARTS) is 1. The number of thiazole rings is 1. The molecule has 3 N–H and O–H groups in total. The van der Waals surface area contributed by atoms with Gasteiger partial charge in [0.15, 0.2) is 4.34 Å². The summed E-state index contributed by atoms with van der Waals surface area (Å²) in [4.78, 5) is 14.4. The molecule has 0 aliphatic heterocycles. The van der Waals surface area contributed by atoms with E-state index >= 15 is 0 Å². The zero-order valence-corrected chi connectivity index (χ0v) is 8.13. The summed E-state index contributed by atoms with van der Waals surface area (Å²) in [5, 5.41) is 8.53. The van der Waals surface area contributed by atoms with E-state index < -0.39 is 5.97 Å². The number of nitrogens with zero attached hydrogens (tertiary/aromatic N) is 1. The number of carboxylic acids is 1. The summed E-state index contributed by atoms with van der Waals surface area (Å²) in [5.74, 6) is -0.984. The van der Waals surface area contributed by atoms with Gasteiger partial charge in [0.25, 0.3) is 0 Å². The Bertz CT molecular complexity index is 322. The lowest BCUT2D eigenvalue weighted by atomic mass is 10.6. The highest BCUT2D eigenvalue weighted by Gasteiger charge is 2.08. The maximum absolute atomic E-state index is 10.4. The van der Waals surface area contributed by atoms with Crippen LogP contribution in [-0.4, -0.2) is 20.4 Å². The Kier molecular flexibility index (Phi) is 3.01. The number of aromatic nitrogens is 1. The molecule has 0 aromatic carbocycles. The lowest BCUT2D eigenvalue weighted by Gasteiger charge is -1.88. The maximum atomic E-state index is 10.4. The molecule has 0 atom stereocenters. The van der Waals surface area contributed by atoms with Gasteiger partial charge in [-0.05, 0) is 11.8 Å². The molecule has 1 heterocycles. The Morgan fingerprint density at radius 2 is 2.50 bits per heavy atom. The van der Waals surface area contributed by atoms with E-state index in [0.29, 0.717) is 4.34 Å². The van der Waals surface area contributed by atoms with Gasteiger partial charge in [-0.15, -0.1) is 11.3 Å². The molecule has 0 radical (unpaired) electrons. The van der Waals surface area contributed by atoms with Gasteiger partial charge in [-0.2, -0.15) is 0 Å². The molecular formula is C5H4N2O2S3. The molecule has 0 aliphatic rings. The van der Waals surface area contributed by atoms with E-state index in [1.165, 1.54) is 6.20 Å². The second-order valence-corrected chi connectivity index (χ2v) is 4.73. The van der Waals surface area contributed by atoms with Crippen LogP contribution in [0.1, 0.15) is 9.67 Å². The molecule has 7 heteroatoms. The minimum atomic E-state index is -0.984. The molecule has 0 unspecified atom stereocenters. The van der Waals surface area contributed by atoms with Crippen molar-refractivity contribution in [2.45, 2.75) is 4.34 Å². The predicted octanol–water partition coefficient (Wildman–Crippen LogP) is 1.18. The number of carbonyl (C=O) groups is 1. The predicted molar refractivity (Wildman–Crippen MR) is 51.7 cm³/mol. The van der Waals surface area contributed by atoms with Gasteiger partial charge in [0.2, 0.25) is 0 Å². The molecule has 0 saturated carbocycles. The van der Waals surface area contributed by atoms with Crippen LogP contribution >= 0.6 is 35.3 Å². The van der Waals surface area contributed by atoms with Crippen molar-refractivity contribution in [2.24, 2.45) is 5.73 Å². The third-order valence-electron chi connectivity index (χ3n) is 0.883. The molecule has 1 aromatic heterocycles. The first kappa shape index (κ1) is 9.43. The summed E-state index contributed by atoms with van der Waals surface area (Å²) in [6.07, 6.45) is 1.29. The number of hydrogen-bond donors (Lipinski definition) is 2. The third kappa shape index (κ3) is 2.43. The monoisotopic (exact) mass is 220 g/mol. The number of aromatic carboxylic acids is 1. The van der Waals surface area contributed by atoms with Crippen LogP contribution in [0.2, 0.25) is 0 Å². The molecule has 0 fully saturated rings. The van der Waals surface area contributed by atoms with Crippen LogP contribution in [0.25, 0.3) is 0 Å². The number of nitrogens with two attached hydrogens (primary N) is 1. The number of thiocarbonyl (C=S) groups is 1. The van der Waals surface area contributed by atoms with Gasteiger partial charge in [0.1, 0.15) is 9.20 Å². The smallest absolute Gasteiger partial charge is 0.347 e. The Morgan fingerprint density at radius 1 is 1.83 bits per heavy atom. The van der Waals surface area contributed by atoms with Gasteiger partial charge >= 0.3 is 5.97 Å². The Labute approximate surface area is 81.8 Å². The number of rotatable bonds is 2. The molecule has 0 amide bonds. The van der Waals surface area contributed by atoms with Gasteiger partial charge in [0.05, 0.1) is 6.20 Å². The first-order valence-electron chi connectivity index (χ1n) is 2.76. The normalized spacial score (nSPS) is 9.67. The summed E-state index contributed by atoms with van der Waals surface area (Å²) in [5.41, 5.74) is 5.22. The molecule has 1 aromatic rings. The summed E-state index contributed by atoms with van der Waals surface area (Å²) >= 11 is 6.76. The average Bonchev–Trinajstić information content (AvgIpc) is 2.34. The Hall–Kier alpha value is -0.660. The van der Waals surface area contributed by atoms with Crippen LogP contribution < -0.4 is 5.73 Å². The zero-order chi connectivity index (χ0) is 9.14. The maximum Gasteiger partial charge on any atom is 0.347 e. The molecule has 0 bridgehead atoms. The zero-order valence-electron chi connectivity index (χ0n) is 5.68. The van der Waals surface area contributed by atoms with Crippen LogP contribution in [0, 0.1) is 0 Å². The fourth-order valence-corrected chi connectivity index (χ4v) is 2.35. The molecule has 0 saturated heterocycles. The molecule has 1 rings (SSSR count). The second-order valence-electron chi connectivity index (χ2n) is 1.72. The fourth-order valence-electron chi connectivity index (χ4n) is 0.490. The van der Waals surface area contributed by atoms with Crippen molar-refractivity contribution in [3.63, 3.8) is 0 Å². The van der Waals surface area contributed by atoms with Gasteiger partial charge < -0.3 is 10.8 Å². The first-order chi connectivity index (χ1) is 5.59. The standard InChI is InChI=1S/C5H4N2O2S3/c6-4(10)12-5-7-1-2(11-5)3(8)9/h1H,(H2,6,10)(H,8,9). The summed E-state index contributed by atoms with van der Waals surface area (Å²) in [6.45, 7) is 0. The van der Waals surface area contributed by atoms with E-state index in [-0.39, 0.29) is 9.20 Å². The van der Waals surface area contributed by atoms with E-state index in [1.54, 1.807) is 0 Å². The van der Waals surface area contributed by atoms with Gasteiger partial charge in [-0.3, -0.25) is 0 Å². The minimum Gasteiger partial charge on any atom is -0.477 e. The minimum absolute atomic E-state index is 0.189. The Balaban J connectivity index is 2.77. The van der Waals surface area contributed by atoms with E-state index in [4.69, 9.17) is 10.8 Å². The SMILES string of the molecule is NC(=S)Sc1ncc(C(=O)O)s1. The van der Waals surface area contributed by atoms with E-state index in [9.17, 15) is 4.79 Å². The quantitative estimate of drug-likeness (QED) is 0.575. The van der Waals surface area contributed by atoms with Gasteiger partial charge in [-0.25, -0.2) is 9.78 Å². The van der Waals surface area contributed by atoms with Crippen LogP contribution in [0.5, 0.6) is 0 Å². The molecule has 12 heavy (non-hydrogen) atoms. The highest BCUT2D eigenvalue weighted by Crippen LogP contribution is 2.23. The number of thioether (sulfide) groups is 1. The Morgan fingerprint density at radius 3 is 2.92 bits per heavy atom. The van der Waals surface area contributed by atoms with E-state index in [2.05, 4.69) is 17.2 Å². The van der Waals surface area contributed by atoms with E-state index in [0.717, 1.165) is 23.1 Å². The largest absolute Gasteiger partial charge is 0.477 e. The van der Waals surface area contributed by atoms with Crippen LogP contribution in [0.4, 0.5) is 0 Å². The molecule has 64 valence electrons. The average molecular weight is 220 g/mol. The highest BCUT2D eigenvalue weighted by atomic mass is 32.2. The van der Waals surface area contributed by atoms with Crippen molar-refractivity contribution < 1.29 is 9.90 Å². The topological polar surface area (TPSA) is 76.2 Å². The number of hydrogen-bond acceptors (Lipinski definition) is 5. The lowest BCUT2D eigenvalue weighted by molar-refractivity contribution is 0.0702. The van der Waals surface area contributed by atoms with Crippen molar-refractivity contribution >= 4 is 45.6 Å². The summed E-state index contributed by atoms with van der Waals surface area (Å²) < 4.78 is 0.793. The van der Waals surface area contributed by atoms with Crippen molar-refractivity contribution in [1.82, 2.24) is 4.98 Å². The van der Waals surface area contributed by atoms with E-state index in [1.807, 2.05) is 0 Å². The third-order valence-corrected chi connectivity index (χ3v) is 2.89. The summed E-state index contributed by atoms with van der Waals surface area (Å²) in [6, 6.07) is 0. The summed E-state index contributed by atoms with van der Waals surface area (Å²) in [7, 11) is 0. The van der Waals surface area contributed by atoms with Crippen molar-refractivity contribution in [3.05, 3.63) is 11.1 Å². The van der Waals surface area contributed by atoms with Crippen LogP contribution in [-0.2, 0) is 0 Å². The van der Waals surface area contributed by atoms with Gasteiger partial charge in [-0.1, -0.05) is 12.2 Å². The van der Waals surface area contributed by atoms with Crippen molar-refractivity contribution in [1.29, 1.82) is 0 Å². The second kappa shape index (κ2) is 3.83. The van der Waals surface area contributed by atoms with Crippen LogP contribution in [0.15, 0.2) is 10.5 Å². The van der Waals surface area contributed by atoms with Crippen molar-refractivity contribution in [3.8, 4) is 0 Å². The molecule has 0 spiro atoms. The first-order valence-corrected chi connectivity index (χ1v) is 4.80. The molecule has 4 nitrogen and oxygen atoms in total. The highest BCUT2D eigenvalue weighted by molar-refractivity contribution is 8.23. The van der Waals surface area contributed by atoms with Crippen LogP contribution in [0.3, 0.4) is 0 Å². The fraction of sp³-hybridized carbons (Fsp3) is 0. The molecular weight excluding hydrogens is 216 g/mol. The van der Waals surface area contributed by atoms with Gasteiger partial charge in [0, 0.05) is 0 Å².